The number of carbonyl (C=O) groups excluding carboxylic acids is 2. The van der Waals surface area contributed by atoms with E-state index in [0.717, 1.165) is 5.69 Å². The third kappa shape index (κ3) is 4.04. The molecule has 6 heteroatoms. The molecule has 1 aromatic heterocycles. The van der Waals surface area contributed by atoms with Crippen molar-refractivity contribution in [3.63, 3.8) is 0 Å². The molecule has 0 bridgehead atoms. The highest BCUT2D eigenvalue weighted by Gasteiger charge is 2.27. The predicted octanol–water partition coefficient (Wildman–Crippen LogP) is 1.97. The van der Waals surface area contributed by atoms with Gasteiger partial charge in [0.05, 0.1) is 12.4 Å². The number of amides is 1. The predicted molar refractivity (Wildman–Crippen MR) is 84.8 cm³/mol. The number of imidazole rings is 1. The van der Waals surface area contributed by atoms with Crippen LogP contribution in [0.4, 0.5) is 0 Å². The highest BCUT2D eigenvalue weighted by Crippen LogP contribution is 2.13. The van der Waals surface area contributed by atoms with Gasteiger partial charge in [-0.25, -0.2) is 4.98 Å². The molecule has 0 radical (unpaired) electrons. The second-order valence-electron chi connectivity index (χ2n) is 5.58. The lowest BCUT2D eigenvalue weighted by Crippen LogP contribution is -2.36. The first kappa shape index (κ1) is 16.4. The molecule has 1 heterocycles. The molecule has 0 saturated carbocycles. The standard InChI is InChI=1S/C17H18N4O2/c1-12(2)10-20-17(23)15(9-18)16(22)13-3-5-14(6-4-13)21-8-7-19-11-21/h3-8,11-12,15H,10H2,1-2H3,(H,20,23)/t15-/m1/s1. The van der Waals surface area contributed by atoms with Gasteiger partial charge in [-0.15, -0.1) is 0 Å². The Kier molecular flexibility index (Phi) is 5.26. The number of nitriles is 1. The van der Waals surface area contributed by atoms with E-state index in [2.05, 4.69) is 10.3 Å². The minimum absolute atomic E-state index is 0.253. The van der Waals surface area contributed by atoms with E-state index < -0.39 is 17.6 Å². The zero-order chi connectivity index (χ0) is 16.8. The fraction of sp³-hybridized carbons (Fsp3) is 0.294. The van der Waals surface area contributed by atoms with Gasteiger partial charge in [0.2, 0.25) is 5.91 Å². The van der Waals surface area contributed by atoms with E-state index in [0.29, 0.717) is 12.1 Å². The molecule has 0 aliphatic heterocycles. The Labute approximate surface area is 134 Å². The molecule has 0 spiro atoms. The van der Waals surface area contributed by atoms with Crippen molar-refractivity contribution < 1.29 is 9.59 Å². The maximum absolute atomic E-state index is 12.4. The van der Waals surface area contributed by atoms with Gasteiger partial charge in [0, 0.05) is 30.2 Å². The van der Waals surface area contributed by atoms with Crippen LogP contribution in [0.15, 0.2) is 43.0 Å². The number of ketones is 1. The molecule has 0 aliphatic carbocycles. The van der Waals surface area contributed by atoms with E-state index in [1.807, 2.05) is 13.8 Å². The number of benzene rings is 1. The average Bonchev–Trinajstić information content (AvgIpc) is 3.08. The van der Waals surface area contributed by atoms with Gasteiger partial charge in [0.15, 0.2) is 11.7 Å². The van der Waals surface area contributed by atoms with Crippen LogP contribution in [-0.4, -0.2) is 27.8 Å². The fourth-order valence-corrected chi connectivity index (χ4v) is 2.02. The molecule has 0 aliphatic rings. The number of nitrogens with one attached hydrogen (secondary N) is 1. The molecule has 1 aromatic carbocycles. The number of hydrogen-bond acceptors (Lipinski definition) is 4. The molecule has 1 amide bonds. The zero-order valence-electron chi connectivity index (χ0n) is 13.1. The number of rotatable bonds is 6. The number of hydrogen-bond donors (Lipinski definition) is 1. The van der Waals surface area contributed by atoms with Crippen LogP contribution in [0.5, 0.6) is 0 Å². The summed E-state index contributed by atoms with van der Waals surface area (Å²) in [6.07, 6.45) is 5.09. The zero-order valence-corrected chi connectivity index (χ0v) is 13.1. The summed E-state index contributed by atoms with van der Waals surface area (Å²) in [5, 5.41) is 11.8. The number of aromatic nitrogens is 2. The first-order chi connectivity index (χ1) is 11.0. The second-order valence-corrected chi connectivity index (χ2v) is 5.58. The Bertz CT molecular complexity index is 712. The lowest BCUT2D eigenvalue weighted by Gasteiger charge is -2.11. The summed E-state index contributed by atoms with van der Waals surface area (Å²) >= 11 is 0. The first-order valence-corrected chi connectivity index (χ1v) is 7.33. The molecular formula is C17H18N4O2. The summed E-state index contributed by atoms with van der Waals surface area (Å²) in [5.41, 5.74) is 1.18. The van der Waals surface area contributed by atoms with Crippen molar-refractivity contribution in [1.29, 1.82) is 5.26 Å². The number of Topliss-reactive ketones (excluding diaryl/α,β-unsaturated/α-hetero) is 1. The Morgan fingerprint density at radius 1 is 1.30 bits per heavy atom. The van der Waals surface area contributed by atoms with Crippen molar-refractivity contribution in [3.8, 4) is 11.8 Å². The largest absolute Gasteiger partial charge is 0.354 e. The van der Waals surface area contributed by atoms with Crippen molar-refractivity contribution in [3.05, 3.63) is 48.5 Å². The molecule has 0 unspecified atom stereocenters. The van der Waals surface area contributed by atoms with Gasteiger partial charge >= 0.3 is 0 Å². The van der Waals surface area contributed by atoms with Crippen LogP contribution in [0.25, 0.3) is 5.69 Å². The van der Waals surface area contributed by atoms with Gasteiger partial charge in [-0.1, -0.05) is 13.8 Å². The van der Waals surface area contributed by atoms with Crippen molar-refractivity contribution in [2.75, 3.05) is 6.54 Å². The third-order valence-corrected chi connectivity index (χ3v) is 3.29. The summed E-state index contributed by atoms with van der Waals surface area (Å²) in [5.74, 6) is -2.12. The highest BCUT2D eigenvalue weighted by molar-refractivity contribution is 6.12. The van der Waals surface area contributed by atoms with Gasteiger partial charge in [-0.3, -0.25) is 9.59 Å². The van der Waals surface area contributed by atoms with Crippen LogP contribution in [0.2, 0.25) is 0 Å². The van der Waals surface area contributed by atoms with E-state index in [-0.39, 0.29) is 5.92 Å². The lowest BCUT2D eigenvalue weighted by atomic mass is 9.97. The smallest absolute Gasteiger partial charge is 0.245 e. The SMILES string of the molecule is CC(C)CNC(=O)[C@H](C#N)C(=O)c1ccc(-n2ccnc2)cc1. The monoisotopic (exact) mass is 310 g/mol. The van der Waals surface area contributed by atoms with Crippen LogP contribution >= 0.6 is 0 Å². The molecular weight excluding hydrogens is 292 g/mol. The van der Waals surface area contributed by atoms with E-state index >= 15 is 0 Å². The molecule has 118 valence electrons. The van der Waals surface area contributed by atoms with Crippen LogP contribution in [0.3, 0.4) is 0 Å². The van der Waals surface area contributed by atoms with E-state index in [1.165, 1.54) is 0 Å². The third-order valence-electron chi connectivity index (χ3n) is 3.29. The lowest BCUT2D eigenvalue weighted by molar-refractivity contribution is -0.122. The van der Waals surface area contributed by atoms with E-state index in [4.69, 9.17) is 5.26 Å². The summed E-state index contributed by atoms with van der Waals surface area (Å²) in [7, 11) is 0. The highest BCUT2D eigenvalue weighted by atomic mass is 16.2. The number of nitrogens with zero attached hydrogens (tertiary/aromatic N) is 3. The van der Waals surface area contributed by atoms with Crippen LogP contribution < -0.4 is 5.32 Å². The van der Waals surface area contributed by atoms with Gasteiger partial charge < -0.3 is 9.88 Å². The second kappa shape index (κ2) is 7.36. The molecule has 1 atom stereocenters. The topological polar surface area (TPSA) is 87.8 Å². The fourth-order valence-electron chi connectivity index (χ4n) is 2.02. The summed E-state index contributed by atoms with van der Waals surface area (Å²) < 4.78 is 1.80. The van der Waals surface area contributed by atoms with E-state index in [1.54, 1.807) is 53.6 Å². The van der Waals surface area contributed by atoms with Crippen LogP contribution in [-0.2, 0) is 4.79 Å². The van der Waals surface area contributed by atoms with Gasteiger partial charge in [-0.2, -0.15) is 5.26 Å². The summed E-state index contributed by atoms with van der Waals surface area (Å²) in [6, 6.07) is 8.50. The van der Waals surface area contributed by atoms with Crippen LogP contribution in [0, 0.1) is 23.2 Å². The summed E-state index contributed by atoms with van der Waals surface area (Å²) in [4.78, 5) is 28.3. The maximum atomic E-state index is 12.4. The molecule has 0 fully saturated rings. The quantitative estimate of drug-likeness (QED) is 0.652. The van der Waals surface area contributed by atoms with Gasteiger partial charge in [0.1, 0.15) is 0 Å². The van der Waals surface area contributed by atoms with Crippen molar-refractivity contribution in [1.82, 2.24) is 14.9 Å². The maximum Gasteiger partial charge on any atom is 0.245 e. The Morgan fingerprint density at radius 2 is 2.00 bits per heavy atom. The Morgan fingerprint density at radius 3 is 2.52 bits per heavy atom. The summed E-state index contributed by atoms with van der Waals surface area (Å²) in [6.45, 7) is 4.32. The minimum Gasteiger partial charge on any atom is -0.354 e. The molecule has 2 rings (SSSR count). The van der Waals surface area contributed by atoms with E-state index in [9.17, 15) is 9.59 Å². The normalized spacial score (nSPS) is 11.7. The minimum atomic E-state index is -1.33. The molecule has 0 saturated heterocycles. The molecule has 1 N–H and O–H groups in total. The first-order valence-electron chi connectivity index (χ1n) is 7.33. The number of carbonyl (C=O) groups is 2. The Balaban J connectivity index is 2.12. The Hall–Kier alpha value is -2.94. The van der Waals surface area contributed by atoms with Gasteiger partial charge in [0.25, 0.3) is 0 Å². The van der Waals surface area contributed by atoms with Gasteiger partial charge in [-0.05, 0) is 30.2 Å². The average molecular weight is 310 g/mol. The van der Waals surface area contributed by atoms with Crippen molar-refractivity contribution in [2.45, 2.75) is 13.8 Å². The van der Waals surface area contributed by atoms with Crippen molar-refractivity contribution in [2.24, 2.45) is 11.8 Å². The molecule has 23 heavy (non-hydrogen) atoms. The van der Waals surface area contributed by atoms with Crippen LogP contribution in [0.1, 0.15) is 24.2 Å². The molecule has 6 nitrogen and oxygen atoms in total. The van der Waals surface area contributed by atoms with Crippen molar-refractivity contribution >= 4 is 11.7 Å². The molecule has 2 aromatic rings.